The average Bonchev–Trinajstić information content (AvgIpc) is 2.38. The number of nitrogens with zero attached hydrogens (tertiary/aromatic N) is 1. The van der Waals surface area contributed by atoms with E-state index in [0.717, 1.165) is 26.1 Å². The number of fused-ring (bicyclic) bond motifs is 1. The van der Waals surface area contributed by atoms with Gasteiger partial charge >= 0.3 is 5.97 Å². The topological polar surface area (TPSA) is 40.5 Å². The van der Waals surface area contributed by atoms with Gasteiger partial charge < -0.3 is 5.11 Å². The molecule has 0 saturated carbocycles. The Hall–Kier alpha value is -1.00. The van der Waals surface area contributed by atoms with Crippen molar-refractivity contribution in [1.29, 1.82) is 0 Å². The highest BCUT2D eigenvalue weighted by Crippen LogP contribution is 2.20. The molecule has 0 atom stereocenters. The third-order valence-electron chi connectivity index (χ3n) is 3.37. The minimum atomic E-state index is -0.836. The number of carboxylic acid groups (broad SMARTS) is 1. The van der Waals surface area contributed by atoms with E-state index in [-0.39, 0.29) is 0 Å². The van der Waals surface area contributed by atoms with E-state index in [2.05, 4.69) is 11.2 Å². The smallest absolute Gasteiger partial charge is 0.335 e. The van der Waals surface area contributed by atoms with Gasteiger partial charge in [-0.1, -0.05) is 6.07 Å². The van der Waals surface area contributed by atoms with E-state index in [9.17, 15) is 4.79 Å². The van der Waals surface area contributed by atoms with Gasteiger partial charge in [-0.15, -0.1) is 0 Å². The molecule has 0 unspecified atom stereocenters. The first-order valence-corrected chi connectivity index (χ1v) is 7.66. The van der Waals surface area contributed by atoms with E-state index in [0.29, 0.717) is 5.56 Å². The van der Waals surface area contributed by atoms with Crippen LogP contribution in [0, 0.1) is 0 Å². The van der Waals surface area contributed by atoms with Gasteiger partial charge in [0, 0.05) is 13.1 Å². The maximum absolute atomic E-state index is 11.0. The molecule has 0 fully saturated rings. The normalized spacial score (nSPS) is 15.4. The zero-order valence-electron chi connectivity index (χ0n) is 10.7. The molecule has 0 radical (unpaired) electrons. The van der Waals surface area contributed by atoms with Crippen LogP contribution < -0.4 is 0 Å². The first kappa shape index (κ1) is 13.4. The highest BCUT2D eigenvalue weighted by atomic mass is 32.2. The van der Waals surface area contributed by atoms with Crippen LogP contribution in [-0.2, 0) is 13.0 Å². The predicted octanol–water partition coefficient (Wildman–Crippen LogP) is 2.50. The minimum Gasteiger partial charge on any atom is -0.478 e. The number of carbonyl (C=O) groups is 1. The lowest BCUT2D eigenvalue weighted by molar-refractivity contribution is 0.0696. The van der Waals surface area contributed by atoms with Crippen molar-refractivity contribution in [2.45, 2.75) is 19.4 Å². The maximum Gasteiger partial charge on any atom is 0.335 e. The summed E-state index contributed by atoms with van der Waals surface area (Å²) in [7, 11) is 0. The van der Waals surface area contributed by atoms with Gasteiger partial charge in [-0.05, 0) is 54.7 Å². The quantitative estimate of drug-likeness (QED) is 0.830. The molecule has 2 rings (SSSR count). The van der Waals surface area contributed by atoms with Gasteiger partial charge in [-0.25, -0.2) is 4.79 Å². The highest BCUT2D eigenvalue weighted by Gasteiger charge is 2.17. The van der Waals surface area contributed by atoms with Crippen LogP contribution in [0.3, 0.4) is 0 Å². The number of rotatable bonds is 5. The highest BCUT2D eigenvalue weighted by molar-refractivity contribution is 7.98. The fourth-order valence-corrected chi connectivity index (χ4v) is 2.79. The van der Waals surface area contributed by atoms with Crippen molar-refractivity contribution in [2.24, 2.45) is 0 Å². The summed E-state index contributed by atoms with van der Waals surface area (Å²) in [5.74, 6) is 0.357. The molecule has 3 nitrogen and oxygen atoms in total. The molecular weight excluding hydrogens is 246 g/mol. The van der Waals surface area contributed by atoms with E-state index in [1.165, 1.54) is 23.3 Å². The molecule has 0 aromatic heterocycles. The van der Waals surface area contributed by atoms with Crippen LogP contribution in [-0.4, -0.2) is 41.1 Å². The Morgan fingerprint density at radius 3 is 3.00 bits per heavy atom. The van der Waals surface area contributed by atoms with Gasteiger partial charge in [0.15, 0.2) is 0 Å². The summed E-state index contributed by atoms with van der Waals surface area (Å²) in [5, 5.41) is 9.01. The largest absolute Gasteiger partial charge is 0.478 e. The minimum absolute atomic E-state index is 0.403. The summed E-state index contributed by atoms with van der Waals surface area (Å²) in [6, 6.07) is 5.51. The van der Waals surface area contributed by atoms with Crippen molar-refractivity contribution >= 4 is 17.7 Å². The van der Waals surface area contributed by atoms with Gasteiger partial charge in [0.05, 0.1) is 5.56 Å². The summed E-state index contributed by atoms with van der Waals surface area (Å²) in [6.07, 6.45) is 4.37. The second-order valence-electron chi connectivity index (χ2n) is 4.66. The second kappa shape index (κ2) is 6.25. The lowest BCUT2D eigenvalue weighted by atomic mass is 9.97. The molecule has 18 heavy (non-hydrogen) atoms. The molecule has 0 spiro atoms. The first-order valence-electron chi connectivity index (χ1n) is 6.27. The Morgan fingerprint density at radius 1 is 1.44 bits per heavy atom. The Kier molecular flexibility index (Phi) is 4.66. The Morgan fingerprint density at radius 2 is 2.28 bits per heavy atom. The molecule has 4 heteroatoms. The molecule has 1 heterocycles. The molecule has 0 bridgehead atoms. The molecule has 0 aliphatic carbocycles. The van der Waals surface area contributed by atoms with E-state index < -0.39 is 5.97 Å². The number of hydrogen-bond acceptors (Lipinski definition) is 3. The lowest BCUT2D eigenvalue weighted by Gasteiger charge is -2.28. The lowest BCUT2D eigenvalue weighted by Crippen LogP contribution is -2.31. The van der Waals surface area contributed by atoms with Crippen molar-refractivity contribution in [3.05, 3.63) is 34.9 Å². The van der Waals surface area contributed by atoms with Gasteiger partial charge in [0.25, 0.3) is 0 Å². The van der Waals surface area contributed by atoms with Crippen molar-refractivity contribution in [3.63, 3.8) is 0 Å². The van der Waals surface area contributed by atoms with Crippen molar-refractivity contribution in [2.75, 3.05) is 25.1 Å². The zero-order chi connectivity index (χ0) is 13.0. The third-order valence-corrected chi connectivity index (χ3v) is 4.06. The van der Waals surface area contributed by atoms with E-state index >= 15 is 0 Å². The Bertz CT molecular complexity index is 434. The standard InChI is InChI=1S/C14H19NO2S/c1-18-8-2-6-15-7-5-11-3-4-12(14(16)17)9-13(11)10-15/h3-4,9H,2,5-8,10H2,1H3,(H,16,17). The summed E-state index contributed by atoms with van der Waals surface area (Å²) >= 11 is 1.88. The van der Waals surface area contributed by atoms with Crippen LogP contribution in [0.5, 0.6) is 0 Å². The molecule has 1 aromatic carbocycles. The van der Waals surface area contributed by atoms with Crippen molar-refractivity contribution in [1.82, 2.24) is 4.90 Å². The number of benzene rings is 1. The van der Waals surface area contributed by atoms with Gasteiger partial charge in [0.1, 0.15) is 0 Å². The Labute approximate surface area is 112 Å². The summed E-state index contributed by atoms with van der Waals surface area (Å²) in [6.45, 7) is 3.09. The third kappa shape index (κ3) is 3.27. The first-order chi connectivity index (χ1) is 8.70. The van der Waals surface area contributed by atoms with Gasteiger partial charge in [0.2, 0.25) is 0 Å². The Balaban J connectivity index is 2.02. The molecule has 98 valence electrons. The van der Waals surface area contributed by atoms with E-state index in [1.807, 2.05) is 23.9 Å². The molecule has 1 aliphatic rings. The zero-order valence-corrected chi connectivity index (χ0v) is 11.5. The van der Waals surface area contributed by atoms with Crippen LogP contribution in [0.2, 0.25) is 0 Å². The number of hydrogen-bond donors (Lipinski definition) is 1. The summed E-state index contributed by atoms with van der Waals surface area (Å²) in [4.78, 5) is 13.4. The molecular formula is C14H19NO2S. The van der Waals surface area contributed by atoms with Crippen LogP contribution >= 0.6 is 11.8 Å². The molecule has 1 aliphatic heterocycles. The van der Waals surface area contributed by atoms with Crippen LogP contribution in [0.15, 0.2) is 18.2 Å². The summed E-state index contributed by atoms with van der Waals surface area (Å²) in [5.41, 5.74) is 2.89. The monoisotopic (exact) mass is 265 g/mol. The molecule has 0 saturated heterocycles. The fourth-order valence-electron chi connectivity index (χ4n) is 2.37. The van der Waals surface area contributed by atoms with E-state index in [1.54, 1.807) is 6.07 Å². The van der Waals surface area contributed by atoms with E-state index in [4.69, 9.17) is 5.11 Å². The SMILES string of the molecule is CSCCCN1CCc2ccc(C(=O)O)cc2C1. The van der Waals surface area contributed by atoms with Crippen LogP contribution in [0.1, 0.15) is 27.9 Å². The van der Waals surface area contributed by atoms with Gasteiger partial charge in [-0.3, -0.25) is 4.90 Å². The average molecular weight is 265 g/mol. The maximum atomic E-state index is 11.0. The summed E-state index contributed by atoms with van der Waals surface area (Å²) < 4.78 is 0. The number of aromatic carboxylic acids is 1. The van der Waals surface area contributed by atoms with Crippen LogP contribution in [0.4, 0.5) is 0 Å². The van der Waals surface area contributed by atoms with Crippen LogP contribution in [0.25, 0.3) is 0 Å². The molecule has 1 aromatic rings. The number of thioether (sulfide) groups is 1. The predicted molar refractivity (Wildman–Crippen MR) is 75.4 cm³/mol. The molecule has 0 amide bonds. The van der Waals surface area contributed by atoms with Gasteiger partial charge in [-0.2, -0.15) is 11.8 Å². The second-order valence-corrected chi connectivity index (χ2v) is 5.65. The van der Waals surface area contributed by atoms with Crippen molar-refractivity contribution < 1.29 is 9.90 Å². The molecule has 1 N–H and O–H groups in total. The van der Waals surface area contributed by atoms with Crippen molar-refractivity contribution in [3.8, 4) is 0 Å². The number of carboxylic acids is 1. The fraction of sp³-hybridized carbons (Fsp3) is 0.500.